The highest BCUT2D eigenvalue weighted by molar-refractivity contribution is 9.10. The van der Waals surface area contributed by atoms with Crippen LogP contribution in [-0.4, -0.2) is 17.1 Å². The zero-order valence-corrected chi connectivity index (χ0v) is 11.8. The van der Waals surface area contributed by atoms with Gasteiger partial charge < -0.3 is 9.30 Å². The zero-order chi connectivity index (χ0) is 12.6. The average molecular weight is 317 g/mol. The minimum Gasteiger partial charge on any atom is -0.461 e. The first-order valence-electron chi connectivity index (χ1n) is 5.16. The quantitative estimate of drug-likeness (QED) is 0.790. The molecule has 90 valence electrons. The van der Waals surface area contributed by atoms with Crippen molar-refractivity contribution in [3.05, 3.63) is 33.4 Å². The van der Waals surface area contributed by atoms with E-state index in [9.17, 15) is 4.79 Å². The summed E-state index contributed by atoms with van der Waals surface area (Å²) in [5.41, 5.74) is 1.40. The van der Waals surface area contributed by atoms with Gasteiger partial charge in [-0.1, -0.05) is 17.7 Å². The lowest BCUT2D eigenvalue weighted by Crippen LogP contribution is -2.10. The van der Waals surface area contributed by atoms with E-state index in [4.69, 9.17) is 16.3 Å². The third kappa shape index (κ3) is 2.07. The van der Waals surface area contributed by atoms with Crippen LogP contribution in [0.1, 0.15) is 17.4 Å². The Balaban J connectivity index is 2.68. The molecule has 0 aliphatic heterocycles. The van der Waals surface area contributed by atoms with Crippen LogP contribution in [0.3, 0.4) is 0 Å². The number of aromatic nitrogens is 1. The fourth-order valence-electron chi connectivity index (χ4n) is 1.79. The van der Waals surface area contributed by atoms with Crippen molar-refractivity contribution in [3.63, 3.8) is 0 Å². The van der Waals surface area contributed by atoms with E-state index >= 15 is 0 Å². The van der Waals surface area contributed by atoms with Crippen molar-refractivity contribution < 1.29 is 9.53 Å². The highest BCUT2D eigenvalue weighted by atomic mass is 79.9. The lowest BCUT2D eigenvalue weighted by atomic mass is 10.2. The molecule has 0 unspecified atom stereocenters. The molecule has 3 nitrogen and oxygen atoms in total. The Morgan fingerprint density at radius 1 is 1.53 bits per heavy atom. The third-order valence-electron chi connectivity index (χ3n) is 2.57. The normalized spacial score (nSPS) is 10.8. The summed E-state index contributed by atoms with van der Waals surface area (Å²) in [6.07, 6.45) is 0. The Bertz CT molecular complexity index is 592. The molecule has 1 heterocycles. The van der Waals surface area contributed by atoms with Gasteiger partial charge in [0.1, 0.15) is 5.69 Å². The molecule has 0 bridgehead atoms. The fourth-order valence-corrected chi connectivity index (χ4v) is 2.72. The highest BCUT2D eigenvalue weighted by Gasteiger charge is 2.20. The van der Waals surface area contributed by atoms with Gasteiger partial charge >= 0.3 is 5.97 Å². The van der Waals surface area contributed by atoms with E-state index in [2.05, 4.69) is 15.9 Å². The first kappa shape index (κ1) is 12.5. The number of aryl methyl sites for hydroxylation is 1. The minimum absolute atomic E-state index is 0.339. The molecule has 1 aromatic carbocycles. The van der Waals surface area contributed by atoms with Gasteiger partial charge in [-0.25, -0.2) is 4.79 Å². The zero-order valence-electron chi connectivity index (χ0n) is 9.46. The van der Waals surface area contributed by atoms with E-state index in [1.807, 2.05) is 19.2 Å². The number of fused-ring (bicyclic) bond motifs is 1. The number of rotatable bonds is 2. The van der Waals surface area contributed by atoms with Gasteiger partial charge in [0, 0.05) is 17.5 Å². The number of carbonyl (C=O) groups is 1. The predicted octanol–water partition coefficient (Wildman–Crippen LogP) is 3.77. The maximum atomic E-state index is 11.8. The molecule has 5 heteroatoms. The molecule has 0 amide bonds. The molecule has 0 fully saturated rings. The van der Waals surface area contributed by atoms with Crippen LogP contribution < -0.4 is 0 Å². The molecule has 0 atom stereocenters. The average Bonchev–Trinajstić information content (AvgIpc) is 2.52. The fraction of sp³-hybridized carbons (Fsp3) is 0.250. The molecular formula is C12H11BrClNO2. The summed E-state index contributed by atoms with van der Waals surface area (Å²) in [5, 5.41) is 1.58. The standard InChI is InChI=1S/C12H11BrClNO2/c1-3-17-12(16)11-10(13)8-5-4-7(14)6-9(8)15(11)2/h4-6H,3H2,1-2H3. The number of halogens is 2. The largest absolute Gasteiger partial charge is 0.461 e. The van der Waals surface area contributed by atoms with Gasteiger partial charge in [0.2, 0.25) is 0 Å². The molecular weight excluding hydrogens is 305 g/mol. The van der Waals surface area contributed by atoms with Crippen LogP contribution >= 0.6 is 27.5 Å². The van der Waals surface area contributed by atoms with E-state index in [1.165, 1.54) is 0 Å². The maximum absolute atomic E-state index is 11.8. The van der Waals surface area contributed by atoms with Gasteiger partial charge in [-0.2, -0.15) is 0 Å². The topological polar surface area (TPSA) is 31.2 Å². The molecule has 0 aliphatic carbocycles. The van der Waals surface area contributed by atoms with Gasteiger partial charge in [-0.05, 0) is 35.0 Å². The molecule has 2 aromatic rings. The molecule has 0 saturated carbocycles. The van der Waals surface area contributed by atoms with Gasteiger partial charge in [-0.15, -0.1) is 0 Å². The van der Waals surface area contributed by atoms with Gasteiger partial charge in [-0.3, -0.25) is 0 Å². The Morgan fingerprint density at radius 3 is 2.88 bits per heavy atom. The number of hydrogen-bond acceptors (Lipinski definition) is 2. The lowest BCUT2D eigenvalue weighted by Gasteiger charge is -2.04. The highest BCUT2D eigenvalue weighted by Crippen LogP contribution is 2.32. The summed E-state index contributed by atoms with van der Waals surface area (Å²) < 4.78 is 7.55. The number of benzene rings is 1. The monoisotopic (exact) mass is 315 g/mol. The van der Waals surface area contributed by atoms with Gasteiger partial charge in [0.05, 0.1) is 16.6 Å². The van der Waals surface area contributed by atoms with Crippen LogP contribution in [0.15, 0.2) is 22.7 Å². The van der Waals surface area contributed by atoms with Crippen LogP contribution in [-0.2, 0) is 11.8 Å². The van der Waals surface area contributed by atoms with Crippen molar-refractivity contribution in [1.29, 1.82) is 0 Å². The summed E-state index contributed by atoms with van der Waals surface area (Å²) in [7, 11) is 1.82. The molecule has 0 spiro atoms. The summed E-state index contributed by atoms with van der Waals surface area (Å²) >= 11 is 9.38. The van der Waals surface area contributed by atoms with E-state index < -0.39 is 0 Å². The second-order valence-corrected chi connectivity index (χ2v) is 4.83. The minimum atomic E-state index is -0.339. The van der Waals surface area contributed by atoms with Crippen LogP contribution in [0.25, 0.3) is 10.9 Å². The SMILES string of the molecule is CCOC(=O)c1c(Br)c2ccc(Cl)cc2n1C. The number of carbonyl (C=O) groups excluding carboxylic acids is 1. The molecule has 2 rings (SSSR count). The predicted molar refractivity (Wildman–Crippen MR) is 71.6 cm³/mol. The molecule has 0 aliphatic rings. The second kappa shape index (κ2) is 4.70. The Morgan fingerprint density at radius 2 is 2.24 bits per heavy atom. The van der Waals surface area contributed by atoms with Crippen LogP contribution in [0.5, 0.6) is 0 Å². The Hall–Kier alpha value is -1.00. The summed E-state index contributed by atoms with van der Waals surface area (Å²) in [6, 6.07) is 5.50. The van der Waals surface area contributed by atoms with Crippen molar-refractivity contribution >= 4 is 44.4 Å². The van der Waals surface area contributed by atoms with Crippen LogP contribution in [0, 0.1) is 0 Å². The first-order chi connectivity index (χ1) is 8.06. The maximum Gasteiger partial charge on any atom is 0.356 e. The van der Waals surface area contributed by atoms with E-state index in [-0.39, 0.29) is 5.97 Å². The second-order valence-electron chi connectivity index (χ2n) is 3.60. The number of hydrogen-bond donors (Lipinski definition) is 0. The number of ether oxygens (including phenoxy) is 1. The van der Waals surface area contributed by atoms with Crippen molar-refractivity contribution in [2.45, 2.75) is 6.92 Å². The van der Waals surface area contributed by atoms with Crippen molar-refractivity contribution in [1.82, 2.24) is 4.57 Å². The van der Waals surface area contributed by atoms with Gasteiger partial charge in [0.25, 0.3) is 0 Å². The summed E-state index contributed by atoms with van der Waals surface area (Å²) in [5.74, 6) is -0.339. The van der Waals surface area contributed by atoms with Crippen molar-refractivity contribution in [3.8, 4) is 0 Å². The van der Waals surface area contributed by atoms with Crippen molar-refractivity contribution in [2.24, 2.45) is 7.05 Å². The molecule has 0 saturated heterocycles. The Kier molecular flexibility index (Phi) is 3.45. The number of nitrogens with zero attached hydrogens (tertiary/aromatic N) is 1. The molecule has 0 N–H and O–H groups in total. The lowest BCUT2D eigenvalue weighted by molar-refractivity contribution is 0.0514. The molecule has 0 radical (unpaired) electrons. The summed E-state index contributed by atoms with van der Waals surface area (Å²) in [6.45, 7) is 2.14. The van der Waals surface area contributed by atoms with E-state index in [0.29, 0.717) is 17.3 Å². The van der Waals surface area contributed by atoms with Gasteiger partial charge in [0.15, 0.2) is 0 Å². The van der Waals surface area contributed by atoms with E-state index in [0.717, 1.165) is 15.4 Å². The van der Waals surface area contributed by atoms with Crippen LogP contribution in [0.2, 0.25) is 5.02 Å². The third-order valence-corrected chi connectivity index (χ3v) is 3.61. The van der Waals surface area contributed by atoms with Crippen molar-refractivity contribution in [2.75, 3.05) is 6.61 Å². The molecule has 1 aromatic heterocycles. The summed E-state index contributed by atoms with van der Waals surface area (Å²) in [4.78, 5) is 11.8. The van der Waals surface area contributed by atoms with Crippen LogP contribution in [0.4, 0.5) is 0 Å². The van der Waals surface area contributed by atoms with E-state index in [1.54, 1.807) is 17.6 Å². The first-order valence-corrected chi connectivity index (χ1v) is 6.34. The smallest absolute Gasteiger partial charge is 0.356 e. The number of esters is 1. The Labute approximate surface area is 112 Å². The molecule has 17 heavy (non-hydrogen) atoms.